The van der Waals surface area contributed by atoms with Crippen molar-refractivity contribution in [3.63, 3.8) is 0 Å². The summed E-state index contributed by atoms with van der Waals surface area (Å²) in [5.74, 6) is -1.24. The van der Waals surface area contributed by atoms with Gasteiger partial charge in [0.2, 0.25) is 5.91 Å². The van der Waals surface area contributed by atoms with Gasteiger partial charge in [-0.1, -0.05) is 0 Å². The van der Waals surface area contributed by atoms with Gasteiger partial charge in [0.1, 0.15) is 0 Å². The first-order valence-electron chi connectivity index (χ1n) is 13.0. The Labute approximate surface area is 221 Å². The third-order valence-corrected chi connectivity index (χ3v) is 7.46. The zero-order valence-electron chi connectivity index (χ0n) is 22.4. The molecule has 9 nitrogen and oxygen atoms in total. The second-order valence-electron chi connectivity index (χ2n) is 10.3. The highest BCUT2D eigenvalue weighted by Crippen LogP contribution is 2.32. The summed E-state index contributed by atoms with van der Waals surface area (Å²) in [7, 11) is 3.70. The molecule has 3 rings (SSSR count). The van der Waals surface area contributed by atoms with Crippen molar-refractivity contribution in [1.29, 1.82) is 0 Å². The van der Waals surface area contributed by atoms with Crippen molar-refractivity contribution in [2.75, 3.05) is 45.7 Å². The molecular formula is C26H38F3N5O4. The molecule has 1 heterocycles. The van der Waals surface area contributed by atoms with Gasteiger partial charge in [-0.3, -0.25) is 9.59 Å². The van der Waals surface area contributed by atoms with Crippen LogP contribution in [0.15, 0.2) is 18.2 Å². The topological polar surface area (TPSA) is 103 Å². The van der Waals surface area contributed by atoms with Gasteiger partial charge in [0, 0.05) is 44.2 Å². The monoisotopic (exact) mass is 541 g/mol. The van der Waals surface area contributed by atoms with Crippen LogP contribution in [0.4, 0.5) is 23.7 Å². The normalized spacial score (nSPS) is 21.7. The predicted molar refractivity (Wildman–Crippen MR) is 137 cm³/mol. The lowest BCUT2D eigenvalue weighted by atomic mass is 9.81. The predicted octanol–water partition coefficient (Wildman–Crippen LogP) is 3.31. The van der Waals surface area contributed by atoms with Crippen molar-refractivity contribution < 1.29 is 32.3 Å². The summed E-state index contributed by atoms with van der Waals surface area (Å²) in [6.45, 7) is 5.40. The number of halogens is 3. The minimum absolute atomic E-state index is 0.0550. The molecule has 1 saturated carbocycles. The standard InChI is InChI=1S/C26H38F3N5O4/c1-16(2)33(3)19-7-9-21(17(12-19)15-38-4)31-23(35)14-30-24(36)20-13-18(26(27,28)29)6-8-22(20)32-25(37)34-10-5-11-34/h6,8,13,16-17,19,21H,5,7,9-12,14-15H2,1-4H3,(H,30,36)(H,31,35)(H,32,37)/t17-,19-,21+/m1/s1. The van der Waals surface area contributed by atoms with Crippen molar-refractivity contribution in [2.24, 2.45) is 5.92 Å². The van der Waals surface area contributed by atoms with Crippen LogP contribution in [-0.2, 0) is 15.7 Å². The van der Waals surface area contributed by atoms with Gasteiger partial charge in [-0.15, -0.1) is 0 Å². The molecule has 3 N–H and O–H groups in total. The highest BCUT2D eigenvalue weighted by molar-refractivity contribution is 6.04. The van der Waals surface area contributed by atoms with E-state index < -0.39 is 36.1 Å². The molecule has 12 heteroatoms. The van der Waals surface area contributed by atoms with Gasteiger partial charge < -0.3 is 30.5 Å². The molecule has 38 heavy (non-hydrogen) atoms. The number of anilines is 1. The summed E-state index contributed by atoms with van der Waals surface area (Å²) in [6, 6.07) is 2.66. The van der Waals surface area contributed by atoms with Gasteiger partial charge >= 0.3 is 12.2 Å². The number of carbonyl (C=O) groups excluding carboxylic acids is 3. The third-order valence-electron chi connectivity index (χ3n) is 7.46. The average molecular weight is 542 g/mol. The number of methoxy groups -OCH3 is 1. The van der Waals surface area contributed by atoms with E-state index in [1.807, 2.05) is 0 Å². The van der Waals surface area contributed by atoms with E-state index in [2.05, 4.69) is 41.7 Å². The number of hydrogen-bond acceptors (Lipinski definition) is 5. The van der Waals surface area contributed by atoms with E-state index in [0.29, 0.717) is 37.8 Å². The number of nitrogens with zero attached hydrogens (tertiary/aromatic N) is 2. The number of hydrogen-bond donors (Lipinski definition) is 3. The molecule has 0 unspecified atom stereocenters. The zero-order valence-corrected chi connectivity index (χ0v) is 22.4. The molecule has 0 bridgehead atoms. The smallest absolute Gasteiger partial charge is 0.384 e. The highest BCUT2D eigenvalue weighted by atomic mass is 19.4. The maximum absolute atomic E-state index is 13.3. The molecule has 0 radical (unpaired) electrons. The lowest BCUT2D eigenvalue weighted by Crippen LogP contribution is -2.52. The summed E-state index contributed by atoms with van der Waals surface area (Å²) >= 11 is 0. The lowest BCUT2D eigenvalue weighted by Gasteiger charge is -2.41. The number of benzene rings is 1. The summed E-state index contributed by atoms with van der Waals surface area (Å²) < 4.78 is 45.3. The van der Waals surface area contributed by atoms with Gasteiger partial charge in [-0.25, -0.2) is 4.79 Å². The number of ether oxygens (including phenoxy) is 1. The van der Waals surface area contributed by atoms with E-state index in [-0.39, 0.29) is 23.2 Å². The number of rotatable bonds is 9. The highest BCUT2D eigenvalue weighted by Gasteiger charge is 2.35. The Morgan fingerprint density at radius 2 is 1.89 bits per heavy atom. The van der Waals surface area contributed by atoms with Crippen LogP contribution in [0.5, 0.6) is 0 Å². The Kier molecular flexibility index (Phi) is 10.00. The molecule has 0 aromatic heterocycles. The Morgan fingerprint density at radius 1 is 1.18 bits per heavy atom. The molecule has 4 amide bonds. The Hall–Kier alpha value is -2.86. The lowest BCUT2D eigenvalue weighted by molar-refractivity contribution is -0.137. The first kappa shape index (κ1) is 29.7. The van der Waals surface area contributed by atoms with Crippen LogP contribution < -0.4 is 16.0 Å². The van der Waals surface area contributed by atoms with E-state index in [1.54, 1.807) is 7.11 Å². The number of likely N-dealkylation sites (tertiary alicyclic amines) is 1. The van der Waals surface area contributed by atoms with Crippen molar-refractivity contribution in [2.45, 2.75) is 63.8 Å². The molecule has 0 spiro atoms. The van der Waals surface area contributed by atoms with Crippen LogP contribution in [0.1, 0.15) is 55.5 Å². The average Bonchev–Trinajstić information content (AvgIpc) is 2.81. The molecule has 3 atom stereocenters. The number of nitrogens with one attached hydrogen (secondary N) is 3. The summed E-state index contributed by atoms with van der Waals surface area (Å²) in [5, 5.41) is 7.86. The van der Waals surface area contributed by atoms with Crippen LogP contribution in [0.3, 0.4) is 0 Å². The molecule has 212 valence electrons. The number of alkyl halides is 3. The number of carbonyl (C=O) groups is 3. The van der Waals surface area contributed by atoms with Crippen LogP contribution >= 0.6 is 0 Å². The fraction of sp³-hybridized carbons (Fsp3) is 0.654. The number of amides is 4. The second-order valence-corrected chi connectivity index (χ2v) is 10.3. The molecular weight excluding hydrogens is 503 g/mol. The summed E-state index contributed by atoms with van der Waals surface area (Å²) in [4.78, 5) is 41.7. The van der Waals surface area contributed by atoms with Crippen LogP contribution in [0.25, 0.3) is 0 Å². The molecule has 1 aromatic carbocycles. The fourth-order valence-corrected chi connectivity index (χ4v) is 4.86. The Morgan fingerprint density at radius 3 is 2.47 bits per heavy atom. The minimum atomic E-state index is -4.68. The molecule has 1 aliphatic carbocycles. The summed E-state index contributed by atoms with van der Waals surface area (Å²) in [6.07, 6.45) is -1.34. The fourth-order valence-electron chi connectivity index (χ4n) is 4.86. The van der Waals surface area contributed by atoms with Crippen molar-refractivity contribution in [3.05, 3.63) is 29.3 Å². The molecule has 1 aromatic rings. The van der Waals surface area contributed by atoms with Gasteiger partial charge in [-0.05, 0) is 64.8 Å². The van der Waals surface area contributed by atoms with Crippen molar-refractivity contribution >= 4 is 23.5 Å². The molecule has 2 aliphatic rings. The summed E-state index contributed by atoms with van der Waals surface area (Å²) in [5.41, 5.74) is -1.45. The molecule has 1 aliphatic heterocycles. The van der Waals surface area contributed by atoms with Gasteiger partial charge in [0.15, 0.2) is 0 Å². The Bertz CT molecular complexity index is 1000. The van der Waals surface area contributed by atoms with E-state index in [9.17, 15) is 27.6 Å². The van der Waals surface area contributed by atoms with Crippen molar-refractivity contribution in [1.82, 2.24) is 20.4 Å². The van der Waals surface area contributed by atoms with Crippen LogP contribution in [0, 0.1) is 5.92 Å². The zero-order chi connectivity index (χ0) is 28.0. The van der Waals surface area contributed by atoms with E-state index >= 15 is 0 Å². The molecule has 2 fully saturated rings. The van der Waals surface area contributed by atoms with E-state index in [1.165, 1.54) is 4.90 Å². The van der Waals surface area contributed by atoms with Gasteiger partial charge in [-0.2, -0.15) is 13.2 Å². The van der Waals surface area contributed by atoms with Crippen LogP contribution in [-0.4, -0.2) is 86.2 Å². The molecule has 1 saturated heterocycles. The maximum atomic E-state index is 13.3. The first-order chi connectivity index (χ1) is 17.9. The third kappa shape index (κ3) is 7.59. The van der Waals surface area contributed by atoms with Gasteiger partial charge in [0.25, 0.3) is 5.91 Å². The van der Waals surface area contributed by atoms with Crippen LogP contribution in [0.2, 0.25) is 0 Å². The SMILES string of the molecule is COC[C@H]1C[C@H](N(C)C(C)C)CC[C@@H]1NC(=O)CNC(=O)c1cc(C(F)(F)F)ccc1NC(=O)N1CCC1. The van der Waals surface area contributed by atoms with Crippen molar-refractivity contribution in [3.8, 4) is 0 Å². The first-order valence-corrected chi connectivity index (χ1v) is 13.0. The Balaban J connectivity index is 1.64. The quantitative estimate of drug-likeness (QED) is 0.445. The number of urea groups is 1. The van der Waals surface area contributed by atoms with E-state index in [4.69, 9.17) is 4.74 Å². The second kappa shape index (κ2) is 12.8. The minimum Gasteiger partial charge on any atom is -0.384 e. The van der Waals surface area contributed by atoms with E-state index in [0.717, 1.165) is 37.8 Å². The maximum Gasteiger partial charge on any atom is 0.416 e. The largest absolute Gasteiger partial charge is 0.416 e. The van der Waals surface area contributed by atoms with Gasteiger partial charge in [0.05, 0.1) is 30.0 Å².